The number of aromatic hydroxyl groups is 1. The fourth-order valence-electron chi connectivity index (χ4n) is 1.54. The van der Waals surface area contributed by atoms with Gasteiger partial charge in [0, 0.05) is 7.05 Å². The second-order valence-electron chi connectivity index (χ2n) is 3.04. The summed E-state index contributed by atoms with van der Waals surface area (Å²) in [6.07, 6.45) is 0. The molecule has 1 aromatic heterocycles. The summed E-state index contributed by atoms with van der Waals surface area (Å²) in [5.41, 5.74) is 1.93. The molecule has 13 heavy (non-hydrogen) atoms. The predicted molar refractivity (Wildman–Crippen MR) is 52.1 cm³/mol. The molecule has 4 heteroatoms. The van der Waals surface area contributed by atoms with Gasteiger partial charge in [0.1, 0.15) is 0 Å². The molecule has 1 aromatic carbocycles. The predicted octanol–water partition coefficient (Wildman–Crippen LogP) is 2.24. The van der Waals surface area contributed by atoms with Gasteiger partial charge in [-0.2, -0.15) is 0 Å². The van der Waals surface area contributed by atoms with E-state index in [0.717, 1.165) is 11.1 Å². The molecular weight excluding hydrogens is 188 g/mol. The number of aromatic nitrogens is 2. The van der Waals surface area contributed by atoms with Gasteiger partial charge in [-0.25, -0.2) is 0 Å². The van der Waals surface area contributed by atoms with Crippen LogP contribution in [0.1, 0.15) is 5.56 Å². The fourth-order valence-corrected chi connectivity index (χ4v) is 1.78. The second kappa shape index (κ2) is 2.64. The number of benzene rings is 1. The van der Waals surface area contributed by atoms with E-state index in [0.29, 0.717) is 10.4 Å². The van der Waals surface area contributed by atoms with Crippen LogP contribution in [0, 0.1) is 6.92 Å². The van der Waals surface area contributed by atoms with Gasteiger partial charge in [0.25, 0.3) is 0 Å². The van der Waals surface area contributed by atoms with Crippen molar-refractivity contribution < 1.29 is 5.11 Å². The molecule has 0 unspecified atom stereocenters. The van der Waals surface area contributed by atoms with Gasteiger partial charge in [-0.3, -0.25) is 4.68 Å². The van der Waals surface area contributed by atoms with Crippen LogP contribution >= 0.6 is 11.6 Å². The molecule has 0 fully saturated rings. The van der Waals surface area contributed by atoms with Gasteiger partial charge in [-0.15, -0.1) is 5.10 Å². The summed E-state index contributed by atoms with van der Waals surface area (Å²) in [4.78, 5) is 0. The molecule has 1 heterocycles. The molecule has 0 saturated carbocycles. The Balaban J connectivity index is 3.03. The zero-order chi connectivity index (χ0) is 9.59. The van der Waals surface area contributed by atoms with E-state index in [1.807, 2.05) is 13.0 Å². The Kier molecular flexibility index (Phi) is 1.70. The molecule has 0 atom stereocenters. The molecule has 2 rings (SSSR count). The number of rotatable bonds is 0. The van der Waals surface area contributed by atoms with Gasteiger partial charge in [0.2, 0.25) is 5.88 Å². The van der Waals surface area contributed by atoms with Crippen molar-refractivity contribution in [2.75, 3.05) is 0 Å². The van der Waals surface area contributed by atoms with Crippen molar-refractivity contribution in [3.63, 3.8) is 0 Å². The van der Waals surface area contributed by atoms with Crippen molar-refractivity contribution in [3.05, 3.63) is 22.7 Å². The van der Waals surface area contributed by atoms with Crippen molar-refractivity contribution in [2.24, 2.45) is 7.05 Å². The van der Waals surface area contributed by atoms with Gasteiger partial charge < -0.3 is 5.11 Å². The van der Waals surface area contributed by atoms with E-state index in [-0.39, 0.29) is 5.88 Å². The van der Waals surface area contributed by atoms with Crippen LogP contribution in [0.5, 0.6) is 5.88 Å². The quantitative estimate of drug-likeness (QED) is 0.702. The Labute approximate surface area is 80.5 Å². The number of hydrogen-bond donors (Lipinski definition) is 1. The van der Waals surface area contributed by atoms with Crippen LogP contribution in [0.15, 0.2) is 12.1 Å². The van der Waals surface area contributed by atoms with E-state index in [1.54, 1.807) is 17.8 Å². The Morgan fingerprint density at radius 3 is 2.77 bits per heavy atom. The average molecular weight is 197 g/mol. The highest BCUT2D eigenvalue weighted by atomic mass is 35.5. The third kappa shape index (κ3) is 1.08. The summed E-state index contributed by atoms with van der Waals surface area (Å²) < 4.78 is 1.63. The third-order valence-corrected chi connectivity index (χ3v) is 2.44. The van der Waals surface area contributed by atoms with E-state index in [1.165, 1.54) is 0 Å². The van der Waals surface area contributed by atoms with E-state index < -0.39 is 0 Å². The van der Waals surface area contributed by atoms with E-state index in [9.17, 15) is 5.11 Å². The van der Waals surface area contributed by atoms with Gasteiger partial charge in [0.15, 0.2) is 0 Å². The highest BCUT2D eigenvalue weighted by Crippen LogP contribution is 2.32. The van der Waals surface area contributed by atoms with Crippen molar-refractivity contribution in [1.82, 2.24) is 9.78 Å². The largest absolute Gasteiger partial charge is 0.492 e. The lowest BCUT2D eigenvalue weighted by atomic mass is 10.1. The fraction of sp³-hybridized carbons (Fsp3) is 0.222. The first-order chi connectivity index (χ1) is 6.11. The molecule has 0 aliphatic rings. The number of fused-ring (bicyclic) bond motifs is 1. The van der Waals surface area contributed by atoms with Gasteiger partial charge in [-0.05, 0) is 18.6 Å². The lowest BCUT2D eigenvalue weighted by molar-refractivity contribution is 0.449. The Morgan fingerprint density at radius 2 is 2.15 bits per heavy atom. The van der Waals surface area contributed by atoms with Crippen LogP contribution in [0.3, 0.4) is 0 Å². The summed E-state index contributed by atoms with van der Waals surface area (Å²) in [5, 5.41) is 14.5. The van der Waals surface area contributed by atoms with Crippen molar-refractivity contribution in [1.29, 1.82) is 0 Å². The minimum absolute atomic E-state index is 0.00815. The first kappa shape index (κ1) is 8.38. The molecule has 1 N–H and O–H groups in total. The molecule has 0 spiro atoms. The molecule has 0 aliphatic carbocycles. The summed E-state index contributed by atoms with van der Waals surface area (Å²) >= 11 is 5.93. The van der Waals surface area contributed by atoms with Crippen LogP contribution in [-0.4, -0.2) is 14.9 Å². The van der Waals surface area contributed by atoms with Crippen LogP contribution in [0.25, 0.3) is 10.9 Å². The normalized spacial score (nSPS) is 11.0. The van der Waals surface area contributed by atoms with Crippen molar-refractivity contribution >= 4 is 22.5 Å². The lowest BCUT2D eigenvalue weighted by Crippen LogP contribution is -1.90. The minimum atomic E-state index is -0.00815. The lowest BCUT2D eigenvalue weighted by Gasteiger charge is -1.99. The standard InChI is InChI=1S/C9H9ClN2O/c1-5-3-4-6(10)7-8(5)12(2)11-9(7)13/h3-4H,1-2H3,(H,11,13). The van der Waals surface area contributed by atoms with E-state index in [2.05, 4.69) is 5.10 Å². The SMILES string of the molecule is Cc1ccc(Cl)c2c(O)nn(C)c12. The maximum Gasteiger partial charge on any atom is 0.239 e. The highest BCUT2D eigenvalue weighted by Gasteiger charge is 2.12. The monoisotopic (exact) mass is 196 g/mol. The molecule has 0 bridgehead atoms. The molecule has 68 valence electrons. The summed E-state index contributed by atoms with van der Waals surface area (Å²) in [6, 6.07) is 3.67. The van der Waals surface area contributed by atoms with Crippen LogP contribution in [0.4, 0.5) is 0 Å². The highest BCUT2D eigenvalue weighted by molar-refractivity contribution is 6.36. The third-order valence-electron chi connectivity index (χ3n) is 2.12. The van der Waals surface area contributed by atoms with Crippen molar-refractivity contribution in [3.8, 4) is 5.88 Å². The molecule has 0 saturated heterocycles. The Morgan fingerprint density at radius 1 is 1.46 bits per heavy atom. The minimum Gasteiger partial charge on any atom is -0.492 e. The molecule has 3 nitrogen and oxygen atoms in total. The smallest absolute Gasteiger partial charge is 0.239 e. The first-order valence-electron chi connectivity index (χ1n) is 3.92. The van der Waals surface area contributed by atoms with Gasteiger partial charge >= 0.3 is 0 Å². The number of halogens is 1. The maximum atomic E-state index is 9.48. The van der Waals surface area contributed by atoms with Gasteiger partial charge in [-0.1, -0.05) is 17.7 Å². The maximum absolute atomic E-state index is 9.48. The van der Waals surface area contributed by atoms with Crippen LogP contribution < -0.4 is 0 Å². The average Bonchev–Trinajstić information content (AvgIpc) is 2.36. The second-order valence-corrected chi connectivity index (χ2v) is 3.44. The molecule has 0 radical (unpaired) electrons. The van der Waals surface area contributed by atoms with Gasteiger partial charge in [0.05, 0.1) is 15.9 Å². The zero-order valence-corrected chi connectivity index (χ0v) is 8.13. The van der Waals surface area contributed by atoms with E-state index >= 15 is 0 Å². The van der Waals surface area contributed by atoms with Crippen LogP contribution in [0.2, 0.25) is 5.02 Å². The van der Waals surface area contributed by atoms with E-state index in [4.69, 9.17) is 11.6 Å². The zero-order valence-electron chi connectivity index (χ0n) is 7.37. The van der Waals surface area contributed by atoms with Crippen LogP contribution in [-0.2, 0) is 7.05 Å². The molecule has 0 aliphatic heterocycles. The molecule has 0 amide bonds. The molecular formula is C9H9ClN2O. The topological polar surface area (TPSA) is 38.1 Å². The summed E-state index contributed by atoms with van der Waals surface area (Å²) in [7, 11) is 1.78. The Hall–Kier alpha value is -1.22. The first-order valence-corrected chi connectivity index (χ1v) is 4.30. The van der Waals surface area contributed by atoms with Crippen molar-refractivity contribution in [2.45, 2.75) is 6.92 Å². The Bertz CT molecular complexity index is 434. The number of hydrogen-bond acceptors (Lipinski definition) is 2. The number of nitrogens with zero attached hydrogens (tertiary/aromatic N) is 2. The summed E-state index contributed by atoms with van der Waals surface area (Å²) in [5.74, 6) is -0.00815. The molecule has 2 aromatic rings. The summed E-state index contributed by atoms with van der Waals surface area (Å²) in [6.45, 7) is 1.96. The number of aryl methyl sites for hydroxylation is 2.